The molecular weight excluding hydrogens is 292 g/mol. The Labute approximate surface area is 127 Å². The van der Waals surface area contributed by atoms with Gasteiger partial charge in [-0.25, -0.2) is 4.79 Å². The van der Waals surface area contributed by atoms with Crippen molar-refractivity contribution in [3.8, 4) is 5.75 Å². The number of amides is 2. The molecule has 0 spiro atoms. The standard InChI is InChI=1S/C14H18N2O4S/c17-12-5-3-11(4-6-12)16(8-13(18)19)14(20)15-10-2-1-7-21-9-10/h3-6,10,17H,1-2,7-9H2,(H,15,20)(H,18,19). The lowest BCUT2D eigenvalue weighted by atomic mass is 10.2. The van der Waals surface area contributed by atoms with Gasteiger partial charge < -0.3 is 15.5 Å². The summed E-state index contributed by atoms with van der Waals surface area (Å²) in [6, 6.07) is 5.54. The van der Waals surface area contributed by atoms with Crippen molar-refractivity contribution < 1.29 is 19.8 Å². The zero-order valence-corrected chi connectivity index (χ0v) is 12.3. The molecule has 0 radical (unpaired) electrons. The Bertz CT molecular complexity index is 500. The number of benzene rings is 1. The molecule has 1 saturated heterocycles. The third-order valence-electron chi connectivity index (χ3n) is 3.19. The number of carboxylic acid groups (broad SMARTS) is 1. The number of phenolic OH excluding ortho intramolecular Hbond substituents is 1. The maximum atomic E-state index is 12.3. The summed E-state index contributed by atoms with van der Waals surface area (Å²) in [4.78, 5) is 24.5. The summed E-state index contributed by atoms with van der Waals surface area (Å²) >= 11 is 1.79. The number of carbonyl (C=O) groups excluding carboxylic acids is 1. The summed E-state index contributed by atoms with van der Waals surface area (Å²) < 4.78 is 0. The molecule has 2 rings (SSSR count). The maximum absolute atomic E-state index is 12.3. The van der Waals surface area contributed by atoms with Gasteiger partial charge in [-0.05, 0) is 42.9 Å². The van der Waals surface area contributed by atoms with Gasteiger partial charge in [0.2, 0.25) is 0 Å². The second-order valence-electron chi connectivity index (χ2n) is 4.86. The van der Waals surface area contributed by atoms with Gasteiger partial charge in [0.1, 0.15) is 12.3 Å². The van der Waals surface area contributed by atoms with Gasteiger partial charge in [0.25, 0.3) is 0 Å². The monoisotopic (exact) mass is 310 g/mol. The fourth-order valence-electron chi connectivity index (χ4n) is 2.16. The van der Waals surface area contributed by atoms with Crippen LogP contribution < -0.4 is 10.2 Å². The number of hydrogen-bond donors (Lipinski definition) is 3. The Hall–Kier alpha value is -1.89. The SMILES string of the molecule is O=C(O)CN(C(=O)NC1CCCSC1)c1ccc(O)cc1. The Morgan fingerprint density at radius 1 is 1.33 bits per heavy atom. The summed E-state index contributed by atoms with van der Waals surface area (Å²) in [5.41, 5.74) is 0.441. The normalized spacial score (nSPS) is 18.0. The Morgan fingerprint density at radius 3 is 2.62 bits per heavy atom. The van der Waals surface area contributed by atoms with Crippen molar-refractivity contribution in [3.63, 3.8) is 0 Å². The van der Waals surface area contributed by atoms with E-state index in [-0.39, 0.29) is 11.8 Å². The third-order valence-corrected chi connectivity index (χ3v) is 4.40. The number of phenols is 1. The predicted molar refractivity (Wildman–Crippen MR) is 82.0 cm³/mol. The number of hydrogen-bond acceptors (Lipinski definition) is 4. The second kappa shape index (κ2) is 7.21. The summed E-state index contributed by atoms with van der Waals surface area (Å²) in [6.45, 7) is -0.420. The van der Waals surface area contributed by atoms with Crippen LogP contribution in [0.5, 0.6) is 5.75 Å². The average Bonchev–Trinajstić information content (AvgIpc) is 2.46. The van der Waals surface area contributed by atoms with Gasteiger partial charge in [0, 0.05) is 17.5 Å². The van der Waals surface area contributed by atoms with E-state index in [0.29, 0.717) is 5.69 Å². The Morgan fingerprint density at radius 2 is 2.05 bits per heavy atom. The van der Waals surface area contributed by atoms with Crippen LogP contribution in [0.1, 0.15) is 12.8 Å². The quantitative estimate of drug-likeness (QED) is 0.790. The van der Waals surface area contributed by atoms with Gasteiger partial charge >= 0.3 is 12.0 Å². The molecule has 21 heavy (non-hydrogen) atoms. The van der Waals surface area contributed by atoms with Crippen molar-refractivity contribution in [1.29, 1.82) is 0 Å². The number of rotatable bonds is 4. The summed E-state index contributed by atoms with van der Waals surface area (Å²) in [7, 11) is 0. The molecule has 7 heteroatoms. The molecule has 1 aliphatic rings. The van der Waals surface area contributed by atoms with Crippen LogP contribution in [-0.2, 0) is 4.79 Å². The highest BCUT2D eigenvalue weighted by Crippen LogP contribution is 2.20. The number of carbonyl (C=O) groups is 2. The molecule has 114 valence electrons. The van der Waals surface area contributed by atoms with Crippen LogP contribution in [-0.4, -0.2) is 46.3 Å². The van der Waals surface area contributed by atoms with Crippen molar-refractivity contribution in [3.05, 3.63) is 24.3 Å². The first-order valence-electron chi connectivity index (χ1n) is 6.73. The van der Waals surface area contributed by atoms with Crippen molar-refractivity contribution in [2.45, 2.75) is 18.9 Å². The second-order valence-corrected chi connectivity index (χ2v) is 6.01. The molecule has 0 saturated carbocycles. The fraction of sp³-hybridized carbons (Fsp3) is 0.429. The lowest BCUT2D eigenvalue weighted by Gasteiger charge is -2.27. The molecule has 1 fully saturated rings. The molecule has 6 nitrogen and oxygen atoms in total. The number of thioether (sulfide) groups is 1. The van der Waals surface area contributed by atoms with E-state index in [2.05, 4.69) is 5.32 Å². The van der Waals surface area contributed by atoms with Gasteiger partial charge in [-0.2, -0.15) is 11.8 Å². The van der Waals surface area contributed by atoms with Crippen molar-refractivity contribution in [2.75, 3.05) is 23.0 Å². The van der Waals surface area contributed by atoms with Gasteiger partial charge in [-0.1, -0.05) is 0 Å². The lowest BCUT2D eigenvalue weighted by molar-refractivity contribution is -0.135. The van der Waals surface area contributed by atoms with Gasteiger partial charge in [-0.3, -0.25) is 9.69 Å². The maximum Gasteiger partial charge on any atom is 0.323 e. The first-order chi connectivity index (χ1) is 10.1. The molecule has 0 aromatic heterocycles. The van der Waals surface area contributed by atoms with Gasteiger partial charge in [-0.15, -0.1) is 0 Å². The minimum atomic E-state index is -1.09. The van der Waals surface area contributed by atoms with E-state index in [4.69, 9.17) is 5.11 Å². The highest BCUT2D eigenvalue weighted by Gasteiger charge is 2.23. The summed E-state index contributed by atoms with van der Waals surface area (Å²) in [5.74, 6) is 0.931. The van der Waals surface area contributed by atoms with Crippen LogP contribution in [0.15, 0.2) is 24.3 Å². The van der Waals surface area contributed by atoms with Crippen molar-refractivity contribution in [2.24, 2.45) is 0 Å². The van der Waals surface area contributed by atoms with E-state index < -0.39 is 18.5 Å². The molecule has 1 aliphatic heterocycles. The van der Waals surface area contributed by atoms with Gasteiger partial charge in [0.15, 0.2) is 0 Å². The molecule has 0 aliphatic carbocycles. The van der Waals surface area contributed by atoms with E-state index >= 15 is 0 Å². The van der Waals surface area contributed by atoms with E-state index in [1.54, 1.807) is 11.8 Å². The van der Waals surface area contributed by atoms with Gasteiger partial charge in [0.05, 0.1) is 0 Å². The average molecular weight is 310 g/mol. The van der Waals surface area contributed by atoms with E-state index in [1.807, 2.05) is 0 Å². The molecule has 2 amide bonds. The van der Waals surface area contributed by atoms with Crippen LogP contribution in [0.4, 0.5) is 10.5 Å². The molecule has 1 aromatic rings. The van der Waals surface area contributed by atoms with Crippen LogP contribution >= 0.6 is 11.8 Å². The minimum Gasteiger partial charge on any atom is -0.508 e. The fourth-order valence-corrected chi connectivity index (χ4v) is 3.23. The number of aliphatic carboxylic acids is 1. The van der Waals surface area contributed by atoms with E-state index in [9.17, 15) is 14.7 Å². The first kappa shape index (κ1) is 15.5. The summed E-state index contributed by atoms with van der Waals surface area (Å²) in [5, 5.41) is 21.1. The highest BCUT2D eigenvalue weighted by atomic mass is 32.2. The van der Waals surface area contributed by atoms with E-state index in [1.165, 1.54) is 29.2 Å². The molecule has 1 aromatic carbocycles. The van der Waals surface area contributed by atoms with Crippen LogP contribution in [0.2, 0.25) is 0 Å². The first-order valence-corrected chi connectivity index (χ1v) is 7.88. The number of urea groups is 1. The summed E-state index contributed by atoms with van der Waals surface area (Å²) in [6.07, 6.45) is 1.96. The number of carboxylic acids is 1. The third kappa shape index (κ3) is 4.56. The largest absolute Gasteiger partial charge is 0.508 e. The number of nitrogens with zero attached hydrogens (tertiary/aromatic N) is 1. The lowest BCUT2D eigenvalue weighted by Crippen LogP contribution is -2.48. The number of aromatic hydroxyl groups is 1. The molecular formula is C14H18N2O4S. The predicted octanol–water partition coefficient (Wildman–Crippen LogP) is 1.89. The van der Waals surface area contributed by atoms with E-state index in [0.717, 1.165) is 24.3 Å². The molecule has 1 atom stereocenters. The topological polar surface area (TPSA) is 89.9 Å². The van der Waals surface area contributed by atoms with Crippen LogP contribution in [0, 0.1) is 0 Å². The zero-order valence-electron chi connectivity index (χ0n) is 11.5. The molecule has 3 N–H and O–H groups in total. The highest BCUT2D eigenvalue weighted by molar-refractivity contribution is 7.99. The zero-order chi connectivity index (χ0) is 15.2. The Balaban J connectivity index is 2.08. The minimum absolute atomic E-state index is 0.0677. The smallest absolute Gasteiger partial charge is 0.323 e. The van der Waals surface area contributed by atoms with Crippen LogP contribution in [0.25, 0.3) is 0 Å². The van der Waals surface area contributed by atoms with Crippen molar-refractivity contribution in [1.82, 2.24) is 5.32 Å². The molecule has 1 unspecified atom stereocenters. The van der Waals surface area contributed by atoms with Crippen LogP contribution in [0.3, 0.4) is 0 Å². The molecule has 1 heterocycles. The molecule has 0 bridgehead atoms. The Kier molecular flexibility index (Phi) is 5.32. The van der Waals surface area contributed by atoms with Crippen molar-refractivity contribution >= 4 is 29.4 Å². The number of anilines is 1. The number of nitrogens with one attached hydrogen (secondary N) is 1.